The fourth-order valence-corrected chi connectivity index (χ4v) is 4.31. The first-order valence-corrected chi connectivity index (χ1v) is 11.1. The molecule has 0 saturated carbocycles. The summed E-state index contributed by atoms with van der Waals surface area (Å²) in [5.41, 5.74) is -0.984. The van der Waals surface area contributed by atoms with E-state index in [1.807, 2.05) is 0 Å². The van der Waals surface area contributed by atoms with Gasteiger partial charge in [-0.25, -0.2) is 17.2 Å². The van der Waals surface area contributed by atoms with E-state index in [4.69, 9.17) is 9.47 Å². The van der Waals surface area contributed by atoms with E-state index >= 15 is 0 Å². The largest absolute Gasteiger partial charge is 0.491 e. The first-order chi connectivity index (χ1) is 14.4. The molecule has 0 unspecified atom stereocenters. The lowest BCUT2D eigenvalue weighted by atomic mass is 10.1. The summed E-state index contributed by atoms with van der Waals surface area (Å²) in [5.74, 6) is -2.21. The molecule has 0 fully saturated rings. The highest BCUT2D eigenvalue weighted by atomic mass is 32.2. The first kappa shape index (κ1) is 22.5. The van der Waals surface area contributed by atoms with Crippen LogP contribution in [0.3, 0.4) is 0 Å². The summed E-state index contributed by atoms with van der Waals surface area (Å²) in [6.07, 6.45) is 3.82. The van der Waals surface area contributed by atoms with E-state index in [0.717, 1.165) is 18.4 Å². The standard InChI is InChI=1S/C20H21F2N3O5S/c1-20(11-31(4,27)28)23-9-17(30-15-6-5-13(21)8-14(15)22)18(24-20)12-7-16(29-3)19(26)25(2)10-12/h5-10,24H,11H2,1-4H3/t20-/m0/s1. The quantitative estimate of drug-likeness (QED) is 0.717. The zero-order valence-electron chi connectivity index (χ0n) is 17.3. The fraction of sp³-hybridized carbons (Fsp3) is 0.300. The Morgan fingerprint density at radius 3 is 2.55 bits per heavy atom. The Hall–Kier alpha value is -3.21. The van der Waals surface area contributed by atoms with E-state index < -0.39 is 27.1 Å². The second-order valence-electron chi connectivity index (χ2n) is 7.36. The van der Waals surface area contributed by atoms with Crippen molar-refractivity contribution in [3.8, 4) is 11.5 Å². The van der Waals surface area contributed by atoms with Gasteiger partial charge in [0.2, 0.25) is 0 Å². The molecule has 0 bridgehead atoms. The van der Waals surface area contributed by atoms with Crippen molar-refractivity contribution in [2.45, 2.75) is 12.6 Å². The number of pyridine rings is 1. The highest BCUT2D eigenvalue weighted by molar-refractivity contribution is 7.90. The van der Waals surface area contributed by atoms with Gasteiger partial charge in [0.25, 0.3) is 5.56 Å². The number of rotatable bonds is 6. The minimum absolute atomic E-state index is 0.0361. The van der Waals surface area contributed by atoms with Crippen LogP contribution in [0, 0.1) is 11.6 Å². The number of methoxy groups -OCH3 is 1. The summed E-state index contributed by atoms with van der Waals surface area (Å²) < 4.78 is 63.2. The number of benzene rings is 1. The Kier molecular flexibility index (Phi) is 5.90. The van der Waals surface area contributed by atoms with Crippen LogP contribution in [0.1, 0.15) is 12.5 Å². The molecule has 0 saturated heterocycles. The molecule has 0 aliphatic carbocycles. The minimum Gasteiger partial charge on any atom is -0.491 e. The lowest BCUT2D eigenvalue weighted by Crippen LogP contribution is -2.48. The van der Waals surface area contributed by atoms with Crippen LogP contribution in [0.5, 0.6) is 11.5 Å². The van der Waals surface area contributed by atoms with Crippen LogP contribution in [-0.4, -0.2) is 44.0 Å². The van der Waals surface area contributed by atoms with E-state index in [9.17, 15) is 22.0 Å². The van der Waals surface area contributed by atoms with Crippen LogP contribution < -0.4 is 20.3 Å². The predicted octanol–water partition coefficient (Wildman–Crippen LogP) is 1.85. The van der Waals surface area contributed by atoms with E-state index in [0.29, 0.717) is 11.6 Å². The number of aryl methyl sites for hydroxylation is 1. The average Bonchev–Trinajstić information content (AvgIpc) is 2.65. The van der Waals surface area contributed by atoms with Crippen LogP contribution in [0.15, 0.2) is 46.0 Å². The maximum absolute atomic E-state index is 14.1. The molecule has 8 nitrogen and oxygen atoms in total. The molecule has 31 heavy (non-hydrogen) atoms. The summed E-state index contributed by atoms with van der Waals surface area (Å²) in [7, 11) is -0.572. The number of aromatic nitrogens is 1. The third kappa shape index (κ3) is 5.10. The molecule has 0 radical (unpaired) electrons. The van der Waals surface area contributed by atoms with Gasteiger partial charge in [-0.15, -0.1) is 0 Å². The van der Waals surface area contributed by atoms with Gasteiger partial charge in [-0.05, 0) is 25.1 Å². The lowest BCUT2D eigenvalue weighted by Gasteiger charge is -2.32. The molecule has 0 amide bonds. The Bertz CT molecular complexity index is 1250. The van der Waals surface area contributed by atoms with Crippen molar-refractivity contribution in [3.05, 3.63) is 63.8 Å². The number of aliphatic imine (C=N–C) groups is 1. The summed E-state index contributed by atoms with van der Waals surface area (Å²) in [6, 6.07) is 4.27. The third-order valence-corrected chi connectivity index (χ3v) is 5.51. The molecule has 1 aliphatic rings. The van der Waals surface area contributed by atoms with Gasteiger partial charge in [-0.1, -0.05) is 0 Å². The summed E-state index contributed by atoms with van der Waals surface area (Å²) in [4.78, 5) is 16.4. The molecule has 1 aliphatic heterocycles. The molecular formula is C20H21F2N3O5S. The Morgan fingerprint density at radius 2 is 1.94 bits per heavy atom. The van der Waals surface area contributed by atoms with E-state index in [-0.39, 0.29) is 34.3 Å². The zero-order valence-corrected chi connectivity index (χ0v) is 18.1. The molecule has 1 atom stereocenters. The molecule has 2 heterocycles. The van der Waals surface area contributed by atoms with Crippen molar-refractivity contribution in [2.75, 3.05) is 19.1 Å². The summed E-state index contributed by atoms with van der Waals surface area (Å²) in [6.45, 7) is 1.57. The summed E-state index contributed by atoms with van der Waals surface area (Å²) >= 11 is 0. The molecule has 2 aromatic rings. The second-order valence-corrected chi connectivity index (χ2v) is 9.50. The number of hydrogen-bond donors (Lipinski definition) is 1. The highest BCUT2D eigenvalue weighted by Gasteiger charge is 2.33. The van der Waals surface area contributed by atoms with Crippen LogP contribution in [0.25, 0.3) is 5.70 Å². The molecule has 166 valence electrons. The molecule has 1 N–H and O–H groups in total. The van der Waals surface area contributed by atoms with Crippen molar-refractivity contribution in [1.82, 2.24) is 9.88 Å². The Labute approximate surface area is 177 Å². The van der Waals surface area contributed by atoms with Crippen molar-refractivity contribution >= 4 is 21.7 Å². The highest BCUT2D eigenvalue weighted by Crippen LogP contribution is 2.29. The van der Waals surface area contributed by atoms with Crippen LogP contribution in [-0.2, 0) is 16.9 Å². The molecule has 3 rings (SSSR count). The first-order valence-electron chi connectivity index (χ1n) is 9.04. The van der Waals surface area contributed by atoms with Gasteiger partial charge in [0, 0.05) is 31.1 Å². The van der Waals surface area contributed by atoms with Crippen LogP contribution >= 0.6 is 0 Å². The van der Waals surface area contributed by atoms with E-state index in [1.165, 1.54) is 37.2 Å². The second kappa shape index (κ2) is 8.14. The molecular weight excluding hydrogens is 432 g/mol. The molecule has 0 spiro atoms. The number of halogens is 2. The van der Waals surface area contributed by atoms with E-state index in [2.05, 4.69) is 10.3 Å². The number of nitrogens with one attached hydrogen (secondary N) is 1. The molecule has 1 aromatic heterocycles. The normalized spacial score (nSPS) is 18.6. The predicted molar refractivity (Wildman–Crippen MR) is 112 cm³/mol. The van der Waals surface area contributed by atoms with E-state index in [1.54, 1.807) is 6.92 Å². The number of sulfone groups is 1. The monoisotopic (exact) mass is 453 g/mol. The van der Waals surface area contributed by atoms with Crippen molar-refractivity contribution in [3.63, 3.8) is 0 Å². The smallest absolute Gasteiger partial charge is 0.292 e. The summed E-state index contributed by atoms with van der Waals surface area (Å²) in [5, 5.41) is 3.01. The Balaban J connectivity index is 2.15. The van der Waals surface area contributed by atoms with Crippen LogP contribution in [0.2, 0.25) is 0 Å². The van der Waals surface area contributed by atoms with Crippen molar-refractivity contribution < 1.29 is 26.7 Å². The molecule has 1 aromatic carbocycles. The van der Waals surface area contributed by atoms with Gasteiger partial charge in [0.15, 0.2) is 32.9 Å². The maximum Gasteiger partial charge on any atom is 0.292 e. The van der Waals surface area contributed by atoms with Gasteiger partial charge in [-0.2, -0.15) is 0 Å². The third-order valence-electron chi connectivity index (χ3n) is 4.42. The van der Waals surface area contributed by atoms with Gasteiger partial charge >= 0.3 is 0 Å². The lowest BCUT2D eigenvalue weighted by molar-refractivity contribution is 0.396. The number of nitrogens with zero attached hydrogens (tertiary/aromatic N) is 2. The van der Waals surface area contributed by atoms with Gasteiger partial charge in [0.1, 0.15) is 11.5 Å². The van der Waals surface area contributed by atoms with Gasteiger partial charge < -0.3 is 19.4 Å². The van der Waals surface area contributed by atoms with Crippen LogP contribution in [0.4, 0.5) is 8.78 Å². The Morgan fingerprint density at radius 1 is 1.23 bits per heavy atom. The topological polar surface area (TPSA) is 99.0 Å². The zero-order chi connectivity index (χ0) is 23.0. The fourth-order valence-electron chi connectivity index (χ4n) is 3.15. The minimum atomic E-state index is -3.42. The van der Waals surface area contributed by atoms with Gasteiger partial charge in [-0.3, -0.25) is 9.79 Å². The SMILES string of the molecule is COc1cc(C2=C(Oc3ccc(F)cc3F)C=N[C@](C)(CS(C)(=O)=O)N2)cn(C)c1=O. The number of ether oxygens (including phenoxy) is 2. The van der Waals surface area contributed by atoms with Crippen molar-refractivity contribution in [2.24, 2.45) is 12.0 Å². The number of hydrogen-bond acceptors (Lipinski definition) is 7. The molecule has 11 heteroatoms. The maximum atomic E-state index is 14.1. The average molecular weight is 453 g/mol. The number of allylic oxidation sites excluding steroid dienone is 1. The van der Waals surface area contributed by atoms with Crippen molar-refractivity contribution in [1.29, 1.82) is 0 Å². The van der Waals surface area contributed by atoms with Gasteiger partial charge in [0.05, 0.1) is 24.8 Å².